The predicted octanol–water partition coefficient (Wildman–Crippen LogP) is 4.07. The number of aliphatic imine (C=N–C) groups is 1. The van der Waals surface area contributed by atoms with Crippen LogP contribution in [0.4, 0.5) is 0 Å². The van der Waals surface area contributed by atoms with Gasteiger partial charge in [-0.2, -0.15) is 0 Å². The normalized spacial score (nSPS) is 15.1. The summed E-state index contributed by atoms with van der Waals surface area (Å²) in [4.78, 5) is 30.4. The topological polar surface area (TPSA) is 86.7 Å². The van der Waals surface area contributed by atoms with Gasteiger partial charge in [-0.15, -0.1) is 0 Å². The quantitative estimate of drug-likeness (QED) is 0.409. The van der Waals surface area contributed by atoms with Crippen LogP contribution in [0.3, 0.4) is 0 Å². The summed E-state index contributed by atoms with van der Waals surface area (Å²) in [5, 5.41) is 0. The molecule has 1 aliphatic heterocycles. The summed E-state index contributed by atoms with van der Waals surface area (Å²) >= 11 is 0. The van der Waals surface area contributed by atoms with E-state index in [-0.39, 0.29) is 23.6 Å². The molecule has 0 radical (unpaired) electrons. The summed E-state index contributed by atoms with van der Waals surface area (Å²) in [6.07, 6.45) is 1.01. The second-order valence-corrected chi connectivity index (χ2v) is 8.16. The Morgan fingerprint density at radius 1 is 1.06 bits per heavy atom. The zero-order chi connectivity index (χ0) is 24.8. The van der Waals surface area contributed by atoms with E-state index in [4.69, 9.17) is 18.9 Å². The van der Waals surface area contributed by atoms with E-state index in [0.29, 0.717) is 29.2 Å². The number of amides is 1. The standard InChI is InChI=1S/C26H30N2O6/c1-7-31-23-15-18(8-13-22(23)33-17(4)25(29)28(5)6)14-21-26(30)34-24(27-21)19-9-11-20(12-10-19)32-16(2)3/h8-17H,7H2,1-6H3/b21-14-. The zero-order valence-electron chi connectivity index (χ0n) is 20.3. The summed E-state index contributed by atoms with van der Waals surface area (Å²) in [5.41, 5.74) is 1.52. The van der Waals surface area contributed by atoms with Crippen molar-refractivity contribution in [3.63, 3.8) is 0 Å². The molecule has 0 spiro atoms. The third-order valence-electron chi connectivity index (χ3n) is 4.76. The van der Waals surface area contributed by atoms with Crippen LogP contribution in [-0.2, 0) is 14.3 Å². The third kappa shape index (κ3) is 6.15. The van der Waals surface area contributed by atoms with Crippen molar-refractivity contribution in [2.45, 2.75) is 39.9 Å². The fourth-order valence-electron chi connectivity index (χ4n) is 3.22. The first-order chi connectivity index (χ1) is 16.2. The Morgan fingerprint density at radius 2 is 1.76 bits per heavy atom. The Morgan fingerprint density at radius 3 is 2.38 bits per heavy atom. The molecule has 8 heteroatoms. The lowest BCUT2D eigenvalue weighted by Gasteiger charge is -2.20. The lowest BCUT2D eigenvalue weighted by atomic mass is 10.1. The van der Waals surface area contributed by atoms with Gasteiger partial charge in [-0.25, -0.2) is 9.79 Å². The van der Waals surface area contributed by atoms with Crippen molar-refractivity contribution in [1.29, 1.82) is 0 Å². The fraction of sp³-hybridized carbons (Fsp3) is 0.346. The summed E-state index contributed by atoms with van der Waals surface area (Å²) in [5.74, 6) is 1.16. The summed E-state index contributed by atoms with van der Waals surface area (Å²) in [6, 6.07) is 12.4. The van der Waals surface area contributed by atoms with E-state index < -0.39 is 12.1 Å². The highest BCUT2D eigenvalue weighted by molar-refractivity contribution is 6.12. The van der Waals surface area contributed by atoms with Crippen LogP contribution in [0.15, 0.2) is 53.2 Å². The molecule has 0 fully saturated rings. The molecule has 1 amide bonds. The summed E-state index contributed by atoms with van der Waals surface area (Å²) in [7, 11) is 3.34. The highest BCUT2D eigenvalue weighted by Gasteiger charge is 2.25. The summed E-state index contributed by atoms with van der Waals surface area (Å²) < 4.78 is 22.5. The van der Waals surface area contributed by atoms with Gasteiger partial charge in [-0.05, 0) is 75.7 Å². The third-order valence-corrected chi connectivity index (χ3v) is 4.76. The van der Waals surface area contributed by atoms with Crippen molar-refractivity contribution in [2.75, 3.05) is 20.7 Å². The van der Waals surface area contributed by atoms with Gasteiger partial charge in [0.05, 0.1) is 12.7 Å². The van der Waals surface area contributed by atoms with E-state index in [2.05, 4.69) is 4.99 Å². The first kappa shape index (κ1) is 24.8. The molecule has 1 aliphatic rings. The number of carbonyl (C=O) groups is 2. The molecule has 0 bridgehead atoms. The molecule has 1 atom stereocenters. The Labute approximate surface area is 199 Å². The summed E-state index contributed by atoms with van der Waals surface area (Å²) in [6.45, 7) is 7.85. The molecule has 1 unspecified atom stereocenters. The van der Waals surface area contributed by atoms with Gasteiger partial charge >= 0.3 is 5.97 Å². The molecular weight excluding hydrogens is 436 g/mol. The van der Waals surface area contributed by atoms with Crippen molar-refractivity contribution < 1.29 is 28.5 Å². The first-order valence-electron chi connectivity index (χ1n) is 11.1. The van der Waals surface area contributed by atoms with E-state index in [1.807, 2.05) is 32.9 Å². The number of hydrogen-bond donors (Lipinski definition) is 0. The average Bonchev–Trinajstić information content (AvgIpc) is 3.15. The zero-order valence-corrected chi connectivity index (χ0v) is 20.3. The van der Waals surface area contributed by atoms with Crippen molar-refractivity contribution >= 4 is 23.9 Å². The van der Waals surface area contributed by atoms with Crippen LogP contribution >= 0.6 is 0 Å². The highest BCUT2D eigenvalue weighted by atomic mass is 16.6. The minimum Gasteiger partial charge on any atom is -0.491 e. The van der Waals surface area contributed by atoms with E-state index in [1.165, 1.54) is 4.90 Å². The van der Waals surface area contributed by atoms with Crippen LogP contribution in [0, 0.1) is 0 Å². The van der Waals surface area contributed by atoms with E-state index in [0.717, 1.165) is 5.75 Å². The largest absolute Gasteiger partial charge is 0.491 e. The van der Waals surface area contributed by atoms with Gasteiger partial charge in [0.1, 0.15) is 5.75 Å². The van der Waals surface area contributed by atoms with Crippen LogP contribution in [0.5, 0.6) is 17.2 Å². The molecule has 0 N–H and O–H groups in total. The molecule has 0 saturated carbocycles. The molecule has 2 aromatic rings. The van der Waals surface area contributed by atoms with Crippen LogP contribution in [0.25, 0.3) is 6.08 Å². The van der Waals surface area contributed by atoms with Crippen molar-refractivity contribution in [3.05, 3.63) is 59.3 Å². The number of esters is 1. The van der Waals surface area contributed by atoms with Crippen LogP contribution in [-0.4, -0.2) is 55.6 Å². The predicted molar refractivity (Wildman–Crippen MR) is 129 cm³/mol. The molecule has 0 aromatic heterocycles. The number of hydrogen-bond acceptors (Lipinski definition) is 7. The van der Waals surface area contributed by atoms with Crippen molar-refractivity contribution in [3.8, 4) is 17.2 Å². The molecule has 0 saturated heterocycles. The highest BCUT2D eigenvalue weighted by Crippen LogP contribution is 2.31. The van der Waals surface area contributed by atoms with Crippen molar-refractivity contribution in [1.82, 2.24) is 4.90 Å². The van der Waals surface area contributed by atoms with Crippen LogP contribution in [0.1, 0.15) is 38.8 Å². The van der Waals surface area contributed by atoms with Gasteiger partial charge in [0.25, 0.3) is 5.91 Å². The van der Waals surface area contributed by atoms with Crippen LogP contribution < -0.4 is 14.2 Å². The Hall–Kier alpha value is -3.81. The fourth-order valence-corrected chi connectivity index (χ4v) is 3.22. The number of nitrogens with zero attached hydrogens (tertiary/aromatic N) is 2. The van der Waals surface area contributed by atoms with E-state index >= 15 is 0 Å². The van der Waals surface area contributed by atoms with Gasteiger partial charge in [0, 0.05) is 19.7 Å². The molecule has 2 aromatic carbocycles. The number of carbonyl (C=O) groups excluding carboxylic acids is 2. The number of likely N-dealkylation sites (N-methyl/N-ethyl adjacent to an activating group) is 1. The number of ether oxygens (including phenoxy) is 4. The Kier molecular flexibility index (Phi) is 7.94. The molecular formula is C26H30N2O6. The van der Waals surface area contributed by atoms with Crippen LogP contribution in [0.2, 0.25) is 0 Å². The van der Waals surface area contributed by atoms with Gasteiger partial charge in [-0.3, -0.25) is 4.79 Å². The van der Waals surface area contributed by atoms with E-state index in [1.54, 1.807) is 57.4 Å². The van der Waals surface area contributed by atoms with Gasteiger partial charge < -0.3 is 23.8 Å². The van der Waals surface area contributed by atoms with Gasteiger partial charge in [0.2, 0.25) is 5.90 Å². The molecule has 1 heterocycles. The maximum atomic E-state index is 12.4. The maximum absolute atomic E-state index is 12.4. The smallest absolute Gasteiger partial charge is 0.363 e. The second-order valence-electron chi connectivity index (χ2n) is 8.16. The molecule has 3 rings (SSSR count). The Balaban J connectivity index is 1.82. The number of benzene rings is 2. The van der Waals surface area contributed by atoms with Gasteiger partial charge in [0.15, 0.2) is 23.3 Å². The first-order valence-corrected chi connectivity index (χ1v) is 11.1. The number of cyclic esters (lactones) is 1. The molecule has 34 heavy (non-hydrogen) atoms. The molecule has 8 nitrogen and oxygen atoms in total. The Bertz CT molecular complexity index is 1100. The van der Waals surface area contributed by atoms with E-state index in [9.17, 15) is 9.59 Å². The average molecular weight is 467 g/mol. The van der Waals surface area contributed by atoms with Crippen molar-refractivity contribution in [2.24, 2.45) is 4.99 Å². The SMILES string of the molecule is CCOc1cc(/C=C2\N=C(c3ccc(OC(C)C)cc3)OC2=O)ccc1OC(C)C(=O)N(C)C. The lowest BCUT2D eigenvalue weighted by Crippen LogP contribution is -2.35. The lowest BCUT2D eigenvalue weighted by molar-refractivity contribution is -0.135. The monoisotopic (exact) mass is 466 g/mol. The minimum absolute atomic E-state index is 0.0667. The molecule has 0 aliphatic carbocycles. The van der Waals surface area contributed by atoms with Gasteiger partial charge in [-0.1, -0.05) is 6.07 Å². The maximum Gasteiger partial charge on any atom is 0.363 e. The molecule has 180 valence electrons. The number of rotatable bonds is 9. The minimum atomic E-state index is -0.673. The second kappa shape index (κ2) is 10.9.